The molecule has 29 heavy (non-hydrogen) atoms. The second-order valence-corrected chi connectivity index (χ2v) is 7.07. The zero-order valence-electron chi connectivity index (χ0n) is 15.8. The lowest BCUT2D eigenvalue weighted by atomic mass is 10.1. The van der Waals surface area contributed by atoms with Crippen molar-refractivity contribution in [2.45, 2.75) is 20.0 Å². The quantitative estimate of drug-likeness (QED) is 0.532. The van der Waals surface area contributed by atoms with Crippen LogP contribution in [-0.2, 0) is 13.1 Å². The van der Waals surface area contributed by atoms with Crippen LogP contribution in [-0.4, -0.2) is 30.5 Å². The van der Waals surface area contributed by atoms with Gasteiger partial charge in [-0.3, -0.25) is 4.79 Å². The highest BCUT2D eigenvalue weighted by Crippen LogP contribution is 2.18. The van der Waals surface area contributed by atoms with E-state index in [1.54, 1.807) is 28.0 Å². The third-order valence-electron chi connectivity index (χ3n) is 4.56. The Morgan fingerprint density at radius 3 is 2.72 bits per heavy atom. The third kappa shape index (κ3) is 4.35. The number of carbonyl (C=O) groups excluding carboxylic acids is 1. The number of aromatic nitrogens is 5. The normalized spacial score (nSPS) is 10.8. The Balaban J connectivity index is 1.44. The molecule has 0 aliphatic carbocycles. The van der Waals surface area contributed by atoms with Crippen molar-refractivity contribution in [2.24, 2.45) is 0 Å². The van der Waals surface area contributed by atoms with Crippen molar-refractivity contribution in [2.75, 3.05) is 0 Å². The van der Waals surface area contributed by atoms with Gasteiger partial charge in [0.2, 0.25) is 0 Å². The summed E-state index contributed by atoms with van der Waals surface area (Å²) in [7, 11) is 0. The average molecular weight is 407 g/mol. The molecule has 2 aromatic carbocycles. The molecular weight excluding hydrogens is 388 g/mol. The monoisotopic (exact) mass is 406 g/mol. The molecule has 0 saturated heterocycles. The average Bonchev–Trinajstić information content (AvgIpc) is 3.36. The Bertz CT molecular complexity index is 1140. The van der Waals surface area contributed by atoms with Crippen LogP contribution in [0.1, 0.15) is 27.2 Å². The Kier molecular flexibility index (Phi) is 5.39. The summed E-state index contributed by atoms with van der Waals surface area (Å²) in [6.07, 6.45) is 4.76. The molecule has 0 aliphatic heterocycles. The molecule has 8 heteroatoms. The molecule has 0 saturated carbocycles. The zero-order valence-corrected chi connectivity index (χ0v) is 16.5. The molecule has 0 aliphatic rings. The van der Waals surface area contributed by atoms with E-state index in [1.807, 2.05) is 49.4 Å². The van der Waals surface area contributed by atoms with E-state index in [0.29, 0.717) is 23.7 Å². The molecule has 1 N–H and O–H groups in total. The van der Waals surface area contributed by atoms with Gasteiger partial charge in [0.15, 0.2) is 0 Å². The Labute approximate surface area is 173 Å². The molecule has 1 amide bonds. The number of benzene rings is 2. The summed E-state index contributed by atoms with van der Waals surface area (Å²) >= 11 is 6.06. The van der Waals surface area contributed by atoms with Crippen LogP contribution in [0.2, 0.25) is 5.02 Å². The molecule has 4 rings (SSSR count). The number of amides is 1. The van der Waals surface area contributed by atoms with Gasteiger partial charge in [-0.05, 0) is 36.2 Å². The van der Waals surface area contributed by atoms with Crippen LogP contribution in [0.25, 0.3) is 5.69 Å². The SMILES string of the molecule is Cc1c(C(=O)NCc2cccc(Cn3cncn3)c2)cnn1-c1cccc(Cl)c1. The van der Waals surface area contributed by atoms with E-state index < -0.39 is 0 Å². The van der Waals surface area contributed by atoms with Crippen molar-refractivity contribution in [3.63, 3.8) is 0 Å². The van der Waals surface area contributed by atoms with Crippen LogP contribution in [0, 0.1) is 6.92 Å². The Hall–Kier alpha value is -3.45. The van der Waals surface area contributed by atoms with Crippen molar-refractivity contribution >= 4 is 17.5 Å². The molecule has 0 atom stereocenters. The van der Waals surface area contributed by atoms with Crippen molar-refractivity contribution in [3.8, 4) is 5.69 Å². The summed E-state index contributed by atoms with van der Waals surface area (Å²) < 4.78 is 3.46. The number of hydrogen-bond acceptors (Lipinski definition) is 4. The minimum Gasteiger partial charge on any atom is -0.348 e. The van der Waals surface area contributed by atoms with Gasteiger partial charge >= 0.3 is 0 Å². The van der Waals surface area contributed by atoms with Crippen LogP contribution in [0.3, 0.4) is 0 Å². The first-order valence-corrected chi connectivity index (χ1v) is 9.47. The lowest BCUT2D eigenvalue weighted by molar-refractivity contribution is 0.0950. The molecule has 146 valence electrons. The van der Waals surface area contributed by atoms with Crippen molar-refractivity contribution in [1.29, 1.82) is 0 Å². The minimum absolute atomic E-state index is 0.169. The predicted molar refractivity (Wildman–Crippen MR) is 110 cm³/mol. The van der Waals surface area contributed by atoms with E-state index in [1.165, 1.54) is 6.33 Å². The summed E-state index contributed by atoms with van der Waals surface area (Å²) in [6, 6.07) is 15.4. The molecular formula is C21H19ClN6O. The molecule has 0 spiro atoms. The van der Waals surface area contributed by atoms with E-state index in [2.05, 4.69) is 20.5 Å². The van der Waals surface area contributed by atoms with Gasteiger partial charge < -0.3 is 5.32 Å². The lowest BCUT2D eigenvalue weighted by Crippen LogP contribution is -2.23. The summed E-state index contributed by atoms with van der Waals surface area (Å²) in [4.78, 5) is 16.6. The number of rotatable bonds is 6. The highest BCUT2D eigenvalue weighted by molar-refractivity contribution is 6.30. The summed E-state index contributed by atoms with van der Waals surface area (Å²) in [5.41, 5.74) is 4.20. The van der Waals surface area contributed by atoms with E-state index in [-0.39, 0.29) is 5.91 Å². The van der Waals surface area contributed by atoms with Crippen molar-refractivity contribution in [3.05, 3.63) is 94.8 Å². The molecule has 0 radical (unpaired) electrons. The van der Waals surface area contributed by atoms with Crippen molar-refractivity contribution in [1.82, 2.24) is 29.9 Å². The van der Waals surface area contributed by atoms with Gasteiger partial charge in [0.1, 0.15) is 12.7 Å². The van der Waals surface area contributed by atoms with Crippen LogP contribution in [0.4, 0.5) is 0 Å². The molecule has 2 aromatic heterocycles. The summed E-state index contributed by atoms with van der Waals surface area (Å²) in [6.45, 7) is 2.92. The zero-order chi connectivity index (χ0) is 20.2. The molecule has 4 aromatic rings. The third-order valence-corrected chi connectivity index (χ3v) is 4.80. The lowest BCUT2D eigenvalue weighted by Gasteiger charge is -2.08. The molecule has 2 heterocycles. The molecule has 7 nitrogen and oxygen atoms in total. The summed E-state index contributed by atoms with van der Waals surface area (Å²) in [5.74, 6) is -0.169. The summed E-state index contributed by atoms with van der Waals surface area (Å²) in [5, 5.41) is 12.0. The number of hydrogen-bond donors (Lipinski definition) is 1. The molecule has 0 bridgehead atoms. The largest absolute Gasteiger partial charge is 0.348 e. The topological polar surface area (TPSA) is 77.6 Å². The predicted octanol–water partition coefficient (Wildman–Crippen LogP) is 3.40. The van der Waals surface area contributed by atoms with Crippen LogP contribution in [0.15, 0.2) is 67.4 Å². The van der Waals surface area contributed by atoms with Crippen molar-refractivity contribution < 1.29 is 4.79 Å². The van der Waals surface area contributed by atoms with Gasteiger partial charge in [-0.15, -0.1) is 0 Å². The van der Waals surface area contributed by atoms with Crippen LogP contribution >= 0.6 is 11.6 Å². The van der Waals surface area contributed by atoms with Gasteiger partial charge in [-0.25, -0.2) is 14.3 Å². The van der Waals surface area contributed by atoms with Gasteiger partial charge in [0.05, 0.1) is 29.7 Å². The number of halogens is 1. The smallest absolute Gasteiger partial charge is 0.255 e. The van der Waals surface area contributed by atoms with E-state index in [9.17, 15) is 4.79 Å². The minimum atomic E-state index is -0.169. The Morgan fingerprint density at radius 1 is 1.10 bits per heavy atom. The maximum absolute atomic E-state index is 12.7. The molecule has 0 fully saturated rings. The molecule has 0 unspecified atom stereocenters. The highest BCUT2D eigenvalue weighted by Gasteiger charge is 2.15. The highest BCUT2D eigenvalue weighted by atomic mass is 35.5. The van der Waals surface area contributed by atoms with E-state index in [0.717, 1.165) is 22.5 Å². The van der Waals surface area contributed by atoms with Crippen LogP contribution in [0.5, 0.6) is 0 Å². The van der Waals surface area contributed by atoms with Gasteiger partial charge in [0.25, 0.3) is 5.91 Å². The maximum atomic E-state index is 12.7. The standard InChI is InChI=1S/C21H19ClN6O/c1-15-20(11-25-28(15)19-7-3-6-18(22)9-19)21(29)24-10-16-4-2-5-17(8-16)12-27-14-23-13-26-27/h2-9,11,13-14H,10,12H2,1H3,(H,24,29). The maximum Gasteiger partial charge on any atom is 0.255 e. The second kappa shape index (κ2) is 8.28. The fourth-order valence-electron chi connectivity index (χ4n) is 3.12. The first kappa shape index (κ1) is 18.9. The van der Waals surface area contributed by atoms with E-state index in [4.69, 9.17) is 11.6 Å². The number of nitrogens with zero attached hydrogens (tertiary/aromatic N) is 5. The number of carbonyl (C=O) groups is 1. The van der Waals surface area contributed by atoms with Gasteiger partial charge in [-0.1, -0.05) is 41.9 Å². The fourth-order valence-corrected chi connectivity index (χ4v) is 3.30. The second-order valence-electron chi connectivity index (χ2n) is 6.63. The first-order chi connectivity index (χ1) is 14.1. The van der Waals surface area contributed by atoms with Gasteiger partial charge in [0, 0.05) is 11.6 Å². The number of nitrogens with one attached hydrogen (secondary N) is 1. The van der Waals surface area contributed by atoms with E-state index >= 15 is 0 Å². The van der Waals surface area contributed by atoms with Gasteiger partial charge in [-0.2, -0.15) is 10.2 Å². The Morgan fingerprint density at radius 2 is 1.93 bits per heavy atom. The fraction of sp³-hybridized carbons (Fsp3) is 0.143. The first-order valence-electron chi connectivity index (χ1n) is 9.09. The van der Waals surface area contributed by atoms with Crippen LogP contribution < -0.4 is 5.32 Å².